The number of nitrogens with zero attached hydrogens (tertiary/aromatic N) is 1. The zero-order chi connectivity index (χ0) is 14.3. The van der Waals surface area contributed by atoms with Gasteiger partial charge in [-0.3, -0.25) is 10.1 Å². The van der Waals surface area contributed by atoms with Crippen molar-refractivity contribution in [1.29, 1.82) is 0 Å². The summed E-state index contributed by atoms with van der Waals surface area (Å²) >= 11 is 0. The standard InChI is InChI=1S/C13H20N2O4/c1-10(2)8-18-5-6-19-9-11-7-12(15(16)17)3-4-13(11)14/h3-4,7,10H,5-6,8-9,14H2,1-2H3. The van der Waals surface area contributed by atoms with Gasteiger partial charge in [0, 0.05) is 30.0 Å². The van der Waals surface area contributed by atoms with Crippen molar-refractivity contribution in [3.8, 4) is 0 Å². The van der Waals surface area contributed by atoms with Crippen LogP contribution in [0.5, 0.6) is 0 Å². The van der Waals surface area contributed by atoms with Gasteiger partial charge in [-0.25, -0.2) is 0 Å². The zero-order valence-electron chi connectivity index (χ0n) is 11.3. The van der Waals surface area contributed by atoms with Crippen LogP contribution in [0.3, 0.4) is 0 Å². The monoisotopic (exact) mass is 268 g/mol. The molecule has 19 heavy (non-hydrogen) atoms. The lowest BCUT2D eigenvalue weighted by Gasteiger charge is -2.09. The maximum Gasteiger partial charge on any atom is 0.269 e. The third-order valence-corrected chi connectivity index (χ3v) is 2.42. The van der Waals surface area contributed by atoms with Gasteiger partial charge in [0.1, 0.15) is 0 Å². The summed E-state index contributed by atoms with van der Waals surface area (Å²) in [5.74, 6) is 0.493. The van der Waals surface area contributed by atoms with Gasteiger partial charge in [-0.1, -0.05) is 13.8 Å². The zero-order valence-corrected chi connectivity index (χ0v) is 11.3. The number of hydrogen-bond acceptors (Lipinski definition) is 5. The van der Waals surface area contributed by atoms with E-state index in [0.717, 1.165) is 0 Å². The summed E-state index contributed by atoms with van der Waals surface area (Å²) in [6.07, 6.45) is 0. The van der Waals surface area contributed by atoms with Gasteiger partial charge >= 0.3 is 0 Å². The second-order valence-electron chi connectivity index (χ2n) is 4.66. The van der Waals surface area contributed by atoms with E-state index in [-0.39, 0.29) is 12.3 Å². The Morgan fingerprint density at radius 2 is 2.00 bits per heavy atom. The SMILES string of the molecule is CC(C)COCCOCc1cc([N+](=O)[O-])ccc1N. The first kappa shape index (κ1) is 15.4. The van der Waals surface area contributed by atoms with Crippen LogP contribution >= 0.6 is 0 Å². The summed E-state index contributed by atoms with van der Waals surface area (Å²) in [7, 11) is 0. The normalized spacial score (nSPS) is 10.9. The molecule has 2 N–H and O–H groups in total. The molecule has 0 aliphatic heterocycles. The Bertz CT molecular complexity index is 421. The first-order valence-corrected chi connectivity index (χ1v) is 6.19. The average molecular weight is 268 g/mol. The highest BCUT2D eigenvalue weighted by molar-refractivity contribution is 5.52. The average Bonchev–Trinajstić information content (AvgIpc) is 2.34. The predicted molar refractivity (Wildman–Crippen MR) is 72.8 cm³/mol. The van der Waals surface area contributed by atoms with Gasteiger partial charge < -0.3 is 15.2 Å². The quantitative estimate of drug-likeness (QED) is 0.338. The van der Waals surface area contributed by atoms with Crippen LogP contribution in [0.15, 0.2) is 18.2 Å². The molecule has 1 aromatic rings. The third kappa shape index (κ3) is 5.67. The Morgan fingerprint density at radius 1 is 1.32 bits per heavy atom. The molecule has 0 heterocycles. The Labute approximate surface area is 112 Å². The van der Waals surface area contributed by atoms with Gasteiger partial charge in [0.05, 0.1) is 24.7 Å². The maximum absolute atomic E-state index is 10.6. The van der Waals surface area contributed by atoms with E-state index in [1.807, 2.05) is 0 Å². The molecule has 0 aliphatic rings. The molecule has 6 nitrogen and oxygen atoms in total. The maximum atomic E-state index is 10.6. The number of rotatable bonds is 8. The highest BCUT2D eigenvalue weighted by Gasteiger charge is 2.09. The summed E-state index contributed by atoms with van der Waals surface area (Å²) < 4.78 is 10.8. The molecule has 0 spiro atoms. The largest absolute Gasteiger partial charge is 0.398 e. The van der Waals surface area contributed by atoms with Crippen LogP contribution in [-0.2, 0) is 16.1 Å². The van der Waals surface area contributed by atoms with Gasteiger partial charge in [0.2, 0.25) is 0 Å². The van der Waals surface area contributed by atoms with Crippen LogP contribution in [0.1, 0.15) is 19.4 Å². The number of non-ortho nitro benzene ring substituents is 1. The smallest absolute Gasteiger partial charge is 0.269 e. The first-order chi connectivity index (χ1) is 9.00. The lowest BCUT2D eigenvalue weighted by atomic mass is 10.2. The Balaban J connectivity index is 2.36. The number of nitro benzene ring substituents is 1. The lowest BCUT2D eigenvalue weighted by Crippen LogP contribution is -2.09. The van der Waals surface area contributed by atoms with E-state index in [1.165, 1.54) is 18.2 Å². The first-order valence-electron chi connectivity index (χ1n) is 6.19. The van der Waals surface area contributed by atoms with Crippen molar-refractivity contribution in [3.63, 3.8) is 0 Å². The number of anilines is 1. The number of benzene rings is 1. The number of nitrogen functional groups attached to an aromatic ring is 1. The van der Waals surface area contributed by atoms with Gasteiger partial charge in [-0.15, -0.1) is 0 Å². The van der Waals surface area contributed by atoms with Crippen molar-refractivity contribution >= 4 is 11.4 Å². The number of nitro groups is 1. The van der Waals surface area contributed by atoms with Crippen LogP contribution in [0.4, 0.5) is 11.4 Å². The molecule has 1 rings (SSSR count). The molecule has 0 atom stereocenters. The molecule has 0 amide bonds. The van der Waals surface area contributed by atoms with Crippen LogP contribution in [-0.4, -0.2) is 24.7 Å². The molecule has 0 saturated heterocycles. The summed E-state index contributed by atoms with van der Waals surface area (Å²) in [6.45, 7) is 6.04. The van der Waals surface area contributed by atoms with Crippen molar-refractivity contribution < 1.29 is 14.4 Å². The minimum absolute atomic E-state index is 0.0175. The summed E-state index contributed by atoms with van der Waals surface area (Å²) in [6, 6.07) is 4.33. The van der Waals surface area contributed by atoms with Gasteiger partial charge in [-0.2, -0.15) is 0 Å². The van der Waals surface area contributed by atoms with Crippen molar-refractivity contribution in [2.75, 3.05) is 25.6 Å². The van der Waals surface area contributed by atoms with E-state index in [9.17, 15) is 10.1 Å². The fourth-order valence-electron chi connectivity index (χ4n) is 1.45. The summed E-state index contributed by atoms with van der Waals surface area (Å²) in [4.78, 5) is 10.2. The van der Waals surface area contributed by atoms with Gasteiger partial charge in [0.15, 0.2) is 0 Å². The van der Waals surface area contributed by atoms with Crippen molar-refractivity contribution in [3.05, 3.63) is 33.9 Å². The number of ether oxygens (including phenoxy) is 2. The minimum Gasteiger partial charge on any atom is -0.398 e. The van der Waals surface area contributed by atoms with Crippen LogP contribution in [0.2, 0.25) is 0 Å². The number of hydrogen-bond donors (Lipinski definition) is 1. The molecule has 0 unspecified atom stereocenters. The minimum atomic E-state index is -0.450. The lowest BCUT2D eigenvalue weighted by molar-refractivity contribution is -0.384. The van der Waals surface area contributed by atoms with E-state index in [4.69, 9.17) is 15.2 Å². The Kier molecular flexibility index (Phi) is 6.24. The molecule has 0 radical (unpaired) electrons. The second-order valence-corrected chi connectivity index (χ2v) is 4.66. The van der Waals surface area contributed by atoms with E-state index in [2.05, 4.69) is 13.8 Å². The Morgan fingerprint density at radius 3 is 2.63 bits per heavy atom. The van der Waals surface area contributed by atoms with Gasteiger partial charge in [0.25, 0.3) is 5.69 Å². The molecule has 1 aromatic carbocycles. The van der Waals surface area contributed by atoms with Crippen molar-refractivity contribution in [2.24, 2.45) is 5.92 Å². The van der Waals surface area contributed by atoms with E-state index in [0.29, 0.717) is 37.0 Å². The van der Waals surface area contributed by atoms with Crippen molar-refractivity contribution in [2.45, 2.75) is 20.5 Å². The Hall–Kier alpha value is -1.66. The molecular weight excluding hydrogens is 248 g/mol. The van der Waals surface area contributed by atoms with Crippen LogP contribution < -0.4 is 5.73 Å². The molecule has 0 saturated carbocycles. The van der Waals surface area contributed by atoms with Crippen LogP contribution in [0, 0.1) is 16.0 Å². The second kappa shape index (κ2) is 7.70. The fourth-order valence-corrected chi connectivity index (χ4v) is 1.45. The predicted octanol–water partition coefficient (Wildman–Crippen LogP) is 2.37. The summed E-state index contributed by atoms with van der Waals surface area (Å²) in [5, 5.41) is 10.6. The molecular formula is C13H20N2O4. The fraction of sp³-hybridized carbons (Fsp3) is 0.538. The molecule has 6 heteroatoms. The molecule has 0 aliphatic carbocycles. The third-order valence-electron chi connectivity index (χ3n) is 2.42. The van der Waals surface area contributed by atoms with Crippen molar-refractivity contribution in [1.82, 2.24) is 0 Å². The molecule has 106 valence electrons. The molecule has 0 fully saturated rings. The summed E-state index contributed by atoms with van der Waals surface area (Å²) in [5.41, 5.74) is 6.87. The highest BCUT2D eigenvalue weighted by Crippen LogP contribution is 2.20. The highest BCUT2D eigenvalue weighted by atomic mass is 16.6. The molecule has 0 aromatic heterocycles. The van der Waals surface area contributed by atoms with E-state index < -0.39 is 4.92 Å². The molecule has 0 bridgehead atoms. The number of nitrogens with two attached hydrogens (primary N) is 1. The topological polar surface area (TPSA) is 87.6 Å². The van der Waals surface area contributed by atoms with Gasteiger partial charge in [-0.05, 0) is 12.0 Å². The van der Waals surface area contributed by atoms with E-state index >= 15 is 0 Å². The van der Waals surface area contributed by atoms with E-state index in [1.54, 1.807) is 0 Å². The van der Waals surface area contributed by atoms with Crippen LogP contribution in [0.25, 0.3) is 0 Å².